The predicted molar refractivity (Wildman–Crippen MR) is 76.1 cm³/mol. The Balaban J connectivity index is 2.07. The van der Waals surface area contributed by atoms with Gasteiger partial charge >= 0.3 is 0 Å². The van der Waals surface area contributed by atoms with E-state index in [1.165, 1.54) is 0 Å². The number of nitrogens with one attached hydrogen (secondary N) is 1. The summed E-state index contributed by atoms with van der Waals surface area (Å²) in [5.74, 6) is -0.0103. The summed E-state index contributed by atoms with van der Waals surface area (Å²) in [4.78, 5) is 12.1. The molecule has 4 nitrogen and oxygen atoms in total. The van der Waals surface area contributed by atoms with Crippen molar-refractivity contribution < 1.29 is 4.79 Å². The van der Waals surface area contributed by atoms with Gasteiger partial charge in [-0.25, -0.2) is 0 Å². The maximum Gasteiger partial charge on any atom is 0.230 e. The summed E-state index contributed by atoms with van der Waals surface area (Å²) < 4.78 is 1.75. The summed E-state index contributed by atoms with van der Waals surface area (Å²) in [6.07, 6.45) is 1.25. The molecule has 1 amide bonds. The Hall–Kier alpha value is -2.10. The molecule has 1 heterocycles. The Morgan fingerprint density at radius 1 is 1.37 bits per heavy atom. The van der Waals surface area contributed by atoms with Gasteiger partial charge in [-0.05, 0) is 31.0 Å². The van der Waals surface area contributed by atoms with Crippen LogP contribution in [0, 0.1) is 6.92 Å². The molecule has 0 unspecified atom stereocenters. The summed E-state index contributed by atoms with van der Waals surface area (Å²) in [6.45, 7) is 4.00. The van der Waals surface area contributed by atoms with Crippen LogP contribution in [0.15, 0.2) is 30.3 Å². The van der Waals surface area contributed by atoms with Crippen molar-refractivity contribution in [1.82, 2.24) is 9.78 Å². The highest BCUT2D eigenvalue weighted by Gasteiger charge is 2.10. The van der Waals surface area contributed by atoms with E-state index in [1.54, 1.807) is 4.68 Å². The molecule has 2 rings (SSSR count). The smallest absolute Gasteiger partial charge is 0.230 e. The Morgan fingerprint density at radius 3 is 2.74 bits per heavy atom. The van der Waals surface area contributed by atoms with Crippen molar-refractivity contribution in [3.05, 3.63) is 47.3 Å². The number of nitrogens with zero attached hydrogens (tertiary/aromatic N) is 2. The number of carbonyl (C=O) groups is 1. The average molecular weight is 257 g/mol. The summed E-state index contributed by atoms with van der Waals surface area (Å²) in [5.41, 5.74) is 3.90. The molecule has 19 heavy (non-hydrogen) atoms. The van der Waals surface area contributed by atoms with E-state index >= 15 is 0 Å². The number of rotatable bonds is 4. The van der Waals surface area contributed by atoms with E-state index < -0.39 is 0 Å². The SMILES string of the molecule is CCc1ccccc1NC(=O)Cc1cc(C)nn1C. The van der Waals surface area contributed by atoms with Crippen LogP contribution in [0.5, 0.6) is 0 Å². The minimum Gasteiger partial charge on any atom is -0.326 e. The molecule has 0 spiro atoms. The van der Waals surface area contributed by atoms with Crippen LogP contribution in [0.25, 0.3) is 0 Å². The van der Waals surface area contributed by atoms with Gasteiger partial charge in [0.2, 0.25) is 5.91 Å². The number of hydrogen-bond donors (Lipinski definition) is 1. The first-order valence-electron chi connectivity index (χ1n) is 6.47. The van der Waals surface area contributed by atoms with Gasteiger partial charge in [0.1, 0.15) is 0 Å². The van der Waals surface area contributed by atoms with Crippen molar-refractivity contribution in [2.75, 3.05) is 5.32 Å². The van der Waals surface area contributed by atoms with Crippen molar-refractivity contribution in [3.63, 3.8) is 0 Å². The number of para-hydroxylation sites is 1. The van der Waals surface area contributed by atoms with E-state index in [1.807, 2.05) is 44.3 Å². The Kier molecular flexibility index (Phi) is 4.00. The number of anilines is 1. The molecular weight excluding hydrogens is 238 g/mol. The van der Waals surface area contributed by atoms with E-state index in [4.69, 9.17) is 0 Å². The van der Waals surface area contributed by atoms with Crippen LogP contribution in [0.3, 0.4) is 0 Å². The molecule has 0 saturated carbocycles. The van der Waals surface area contributed by atoms with Crippen LogP contribution in [-0.2, 0) is 24.7 Å². The van der Waals surface area contributed by atoms with Gasteiger partial charge < -0.3 is 5.32 Å². The largest absolute Gasteiger partial charge is 0.326 e. The number of carbonyl (C=O) groups excluding carboxylic acids is 1. The Bertz CT molecular complexity index is 587. The van der Waals surface area contributed by atoms with Gasteiger partial charge in [0.05, 0.1) is 12.1 Å². The fourth-order valence-electron chi connectivity index (χ4n) is 2.14. The van der Waals surface area contributed by atoms with Gasteiger partial charge in [-0.1, -0.05) is 25.1 Å². The molecule has 2 aromatic rings. The monoisotopic (exact) mass is 257 g/mol. The lowest BCUT2D eigenvalue weighted by Gasteiger charge is -2.09. The molecule has 0 fully saturated rings. The Labute approximate surface area is 113 Å². The topological polar surface area (TPSA) is 46.9 Å². The van der Waals surface area contributed by atoms with Crippen LogP contribution < -0.4 is 5.32 Å². The fraction of sp³-hybridized carbons (Fsp3) is 0.333. The molecule has 0 aliphatic carbocycles. The number of aromatic nitrogens is 2. The standard InChI is InChI=1S/C15H19N3O/c1-4-12-7-5-6-8-14(12)16-15(19)10-13-9-11(2)17-18(13)3/h5-9H,4,10H2,1-3H3,(H,16,19). The van der Waals surface area contributed by atoms with Gasteiger partial charge in [0.25, 0.3) is 0 Å². The molecule has 0 aliphatic rings. The highest BCUT2D eigenvalue weighted by atomic mass is 16.1. The zero-order valence-corrected chi connectivity index (χ0v) is 11.6. The van der Waals surface area contributed by atoms with Gasteiger partial charge in [-0.15, -0.1) is 0 Å². The van der Waals surface area contributed by atoms with E-state index in [-0.39, 0.29) is 5.91 Å². The minimum atomic E-state index is -0.0103. The number of benzene rings is 1. The molecule has 0 aliphatic heterocycles. The molecule has 4 heteroatoms. The minimum absolute atomic E-state index is 0.0103. The van der Waals surface area contributed by atoms with Crippen LogP contribution in [-0.4, -0.2) is 15.7 Å². The molecule has 0 radical (unpaired) electrons. The van der Waals surface area contributed by atoms with Crippen molar-refractivity contribution in [1.29, 1.82) is 0 Å². The summed E-state index contributed by atoms with van der Waals surface area (Å²) in [7, 11) is 1.86. The second kappa shape index (κ2) is 5.69. The van der Waals surface area contributed by atoms with E-state index in [9.17, 15) is 4.79 Å². The second-order valence-electron chi connectivity index (χ2n) is 4.64. The molecule has 1 aromatic heterocycles. The third-order valence-corrected chi connectivity index (χ3v) is 3.11. The van der Waals surface area contributed by atoms with Gasteiger partial charge in [-0.2, -0.15) is 5.10 Å². The maximum atomic E-state index is 12.1. The first-order chi connectivity index (χ1) is 9.10. The molecule has 0 atom stereocenters. The third-order valence-electron chi connectivity index (χ3n) is 3.11. The van der Waals surface area contributed by atoms with Gasteiger partial charge in [0, 0.05) is 18.4 Å². The highest BCUT2D eigenvalue weighted by molar-refractivity contribution is 5.92. The number of hydrogen-bond acceptors (Lipinski definition) is 2. The van der Waals surface area contributed by atoms with Crippen molar-refractivity contribution in [2.24, 2.45) is 7.05 Å². The van der Waals surface area contributed by atoms with Crippen LogP contribution >= 0.6 is 0 Å². The normalized spacial score (nSPS) is 10.5. The second-order valence-corrected chi connectivity index (χ2v) is 4.64. The summed E-state index contributed by atoms with van der Waals surface area (Å²) in [5, 5.41) is 7.21. The zero-order chi connectivity index (χ0) is 13.8. The fourth-order valence-corrected chi connectivity index (χ4v) is 2.14. The lowest BCUT2D eigenvalue weighted by molar-refractivity contribution is -0.115. The summed E-state index contributed by atoms with van der Waals surface area (Å²) in [6, 6.07) is 9.82. The van der Waals surface area contributed by atoms with Crippen LogP contribution in [0.2, 0.25) is 0 Å². The zero-order valence-electron chi connectivity index (χ0n) is 11.6. The van der Waals surface area contributed by atoms with Crippen LogP contribution in [0.4, 0.5) is 5.69 Å². The predicted octanol–water partition coefficient (Wildman–Crippen LogP) is 2.47. The third kappa shape index (κ3) is 3.22. The highest BCUT2D eigenvalue weighted by Crippen LogP contribution is 2.15. The van der Waals surface area contributed by atoms with Gasteiger partial charge in [-0.3, -0.25) is 9.48 Å². The van der Waals surface area contributed by atoms with Crippen molar-refractivity contribution in [3.8, 4) is 0 Å². The van der Waals surface area contributed by atoms with Crippen molar-refractivity contribution >= 4 is 11.6 Å². The molecular formula is C15H19N3O. The molecule has 1 aromatic carbocycles. The molecule has 100 valence electrons. The lowest BCUT2D eigenvalue weighted by atomic mass is 10.1. The average Bonchev–Trinajstić information content (AvgIpc) is 2.68. The first kappa shape index (κ1) is 13.3. The van der Waals surface area contributed by atoms with E-state index in [2.05, 4.69) is 17.3 Å². The quantitative estimate of drug-likeness (QED) is 0.914. The molecule has 1 N–H and O–H groups in total. The maximum absolute atomic E-state index is 12.1. The number of amides is 1. The van der Waals surface area contributed by atoms with Gasteiger partial charge in [0.15, 0.2) is 0 Å². The lowest BCUT2D eigenvalue weighted by Crippen LogP contribution is -2.17. The van der Waals surface area contributed by atoms with E-state index in [0.717, 1.165) is 29.1 Å². The molecule has 0 bridgehead atoms. The molecule has 0 saturated heterocycles. The van der Waals surface area contributed by atoms with Crippen LogP contribution in [0.1, 0.15) is 23.9 Å². The number of aryl methyl sites for hydroxylation is 3. The van der Waals surface area contributed by atoms with E-state index in [0.29, 0.717) is 6.42 Å². The Morgan fingerprint density at radius 2 is 2.11 bits per heavy atom. The summed E-state index contributed by atoms with van der Waals surface area (Å²) >= 11 is 0. The van der Waals surface area contributed by atoms with Crippen molar-refractivity contribution in [2.45, 2.75) is 26.7 Å². The first-order valence-corrected chi connectivity index (χ1v) is 6.47.